The van der Waals surface area contributed by atoms with Crippen molar-refractivity contribution in [1.82, 2.24) is 5.32 Å². The van der Waals surface area contributed by atoms with E-state index in [-0.39, 0.29) is 28.1 Å². The predicted octanol–water partition coefficient (Wildman–Crippen LogP) is 4.20. The highest BCUT2D eigenvalue weighted by Crippen LogP contribution is 2.62. The molecule has 158 valence electrons. The van der Waals surface area contributed by atoms with Gasteiger partial charge in [0.25, 0.3) is 0 Å². The van der Waals surface area contributed by atoms with Crippen LogP contribution in [0.1, 0.15) is 66.7 Å². The minimum absolute atomic E-state index is 0.0581. The quantitative estimate of drug-likeness (QED) is 0.535. The van der Waals surface area contributed by atoms with Crippen molar-refractivity contribution in [3.8, 4) is 0 Å². The second-order valence-corrected chi connectivity index (χ2v) is 9.72. The van der Waals surface area contributed by atoms with Crippen LogP contribution < -0.4 is 5.32 Å². The number of fused-ring (bicyclic) bond motifs is 1. The van der Waals surface area contributed by atoms with Gasteiger partial charge in [-0.25, -0.2) is 0 Å². The second kappa shape index (κ2) is 7.58. The zero-order valence-electron chi connectivity index (χ0n) is 18.2. The number of rotatable bonds is 5. The molecule has 5 nitrogen and oxygen atoms in total. The molecule has 3 aliphatic carbocycles. The van der Waals surface area contributed by atoms with Crippen LogP contribution in [0, 0.1) is 22.7 Å². The van der Waals surface area contributed by atoms with Crippen LogP contribution in [0.25, 0.3) is 0 Å². The molecule has 3 aliphatic rings. The largest absolute Gasteiger partial charge is 0.480 e. The van der Waals surface area contributed by atoms with E-state index in [4.69, 9.17) is 5.11 Å². The van der Waals surface area contributed by atoms with Crippen LogP contribution in [-0.4, -0.2) is 28.7 Å². The van der Waals surface area contributed by atoms with Crippen LogP contribution in [0.4, 0.5) is 0 Å². The average Bonchev–Trinajstić information content (AvgIpc) is 2.64. The van der Waals surface area contributed by atoms with E-state index in [1.165, 1.54) is 31.1 Å². The Hall–Kier alpha value is -2.17. The average molecular weight is 400 g/mol. The lowest BCUT2D eigenvalue weighted by Crippen LogP contribution is -2.50. The molecule has 0 bridgehead atoms. The Morgan fingerprint density at radius 1 is 1.24 bits per heavy atom. The molecular weight excluding hydrogens is 366 g/mol. The first-order chi connectivity index (χ1) is 13.5. The summed E-state index contributed by atoms with van der Waals surface area (Å²) in [6.07, 6.45) is 10.1. The van der Waals surface area contributed by atoms with Crippen molar-refractivity contribution in [2.75, 3.05) is 0 Å². The number of carboxylic acid groups (broad SMARTS) is 1. The van der Waals surface area contributed by atoms with Gasteiger partial charge in [0.15, 0.2) is 5.78 Å². The van der Waals surface area contributed by atoms with Crippen molar-refractivity contribution in [1.29, 1.82) is 0 Å². The van der Waals surface area contributed by atoms with Crippen LogP contribution >= 0.6 is 0 Å². The lowest BCUT2D eigenvalue weighted by Gasteiger charge is -2.58. The number of ketones is 2. The van der Waals surface area contributed by atoms with Crippen LogP contribution in [0.2, 0.25) is 0 Å². The topological polar surface area (TPSA) is 83.5 Å². The molecule has 0 aromatic heterocycles. The summed E-state index contributed by atoms with van der Waals surface area (Å²) in [5, 5.41) is 11.7. The van der Waals surface area contributed by atoms with E-state index in [1.807, 2.05) is 0 Å². The molecule has 0 amide bonds. The molecule has 0 saturated heterocycles. The third-order valence-corrected chi connectivity index (χ3v) is 8.07. The summed E-state index contributed by atoms with van der Waals surface area (Å²) in [5.41, 5.74) is 2.17. The van der Waals surface area contributed by atoms with E-state index in [0.29, 0.717) is 23.8 Å². The first-order valence-corrected chi connectivity index (χ1v) is 10.7. The van der Waals surface area contributed by atoms with Gasteiger partial charge in [-0.05, 0) is 74.7 Å². The summed E-state index contributed by atoms with van der Waals surface area (Å²) in [6, 6.07) is -0.929. The third kappa shape index (κ3) is 3.72. The van der Waals surface area contributed by atoms with Crippen molar-refractivity contribution >= 4 is 17.5 Å². The van der Waals surface area contributed by atoms with Gasteiger partial charge in [-0.2, -0.15) is 0 Å². The van der Waals surface area contributed by atoms with Gasteiger partial charge in [-0.1, -0.05) is 32.4 Å². The minimum Gasteiger partial charge on any atom is -0.480 e. The van der Waals surface area contributed by atoms with Gasteiger partial charge in [0.2, 0.25) is 5.78 Å². The maximum absolute atomic E-state index is 12.8. The highest BCUT2D eigenvalue weighted by molar-refractivity contribution is 6.19. The second-order valence-electron chi connectivity index (χ2n) is 9.72. The lowest BCUT2D eigenvalue weighted by atomic mass is 9.46. The van der Waals surface area contributed by atoms with E-state index >= 15 is 0 Å². The maximum Gasteiger partial charge on any atom is 0.325 e. The van der Waals surface area contributed by atoms with Gasteiger partial charge in [0, 0.05) is 11.6 Å². The Bertz CT molecular complexity index is 836. The van der Waals surface area contributed by atoms with Gasteiger partial charge in [0.1, 0.15) is 6.04 Å². The highest BCUT2D eigenvalue weighted by atomic mass is 16.4. The molecule has 5 atom stereocenters. The van der Waals surface area contributed by atoms with Gasteiger partial charge in [0.05, 0.1) is 5.70 Å². The molecule has 29 heavy (non-hydrogen) atoms. The molecule has 0 aromatic carbocycles. The number of allylic oxidation sites excluding steroid dienone is 5. The van der Waals surface area contributed by atoms with E-state index in [1.54, 1.807) is 0 Å². The third-order valence-electron chi connectivity index (χ3n) is 8.07. The molecule has 0 unspecified atom stereocenters. The summed E-state index contributed by atoms with van der Waals surface area (Å²) in [5.74, 6) is -0.630. The van der Waals surface area contributed by atoms with Crippen molar-refractivity contribution in [2.45, 2.75) is 72.8 Å². The standard InChI is InChI=1S/C24H33NO4/c1-14-7-6-8-21-23(14,4)10-9-15(2)24(21,5)13-17-11-20(27)18(12-19(17)26)25-16(3)22(28)29/h7,11-12,15-16,21,25H,6,8-10,13H2,1-5H3,(H,28,29)/t15-,16+,21+,23+,24+/m0/s1. The number of hydrogen-bond donors (Lipinski definition) is 2. The summed E-state index contributed by atoms with van der Waals surface area (Å²) in [6.45, 7) is 10.6. The molecule has 0 aliphatic heterocycles. The molecule has 0 spiro atoms. The molecule has 1 saturated carbocycles. The molecule has 0 radical (unpaired) electrons. The number of aliphatic carboxylic acids is 1. The van der Waals surface area contributed by atoms with Crippen molar-refractivity contribution < 1.29 is 19.5 Å². The molecule has 5 heteroatoms. The Morgan fingerprint density at radius 2 is 1.93 bits per heavy atom. The molecule has 0 heterocycles. The van der Waals surface area contributed by atoms with Gasteiger partial charge >= 0.3 is 5.97 Å². The van der Waals surface area contributed by atoms with E-state index < -0.39 is 12.0 Å². The van der Waals surface area contributed by atoms with E-state index in [0.717, 1.165) is 19.3 Å². The van der Waals surface area contributed by atoms with Crippen molar-refractivity contribution in [3.05, 3.63) is 35.1 Å². The number of carbonyl (C=O) groups excluding carboxylic acids is 2. The van der Waals surface area contributed by atoms with Crippen LogP contribution in [-0.2, 0) is 14.4 Å². The van der Waals surface area contributed by atoms with Crippen molar-refractivity contribution in [2.24, 2.45) is 22.7 Å². The maximum atomic E-state index is 12.8. The van der Waals surface area contributed by atoms with Crippen molar-refractivity contribution in [3.63, 3.8) is 0 Å². The molecular formula is C24H33NO4. The SMILES string of the molecule is CC1=CCC[C@H]2[C@](C)(CC3=CC(=O)C(N[C@H](C)C(=O)O)=CC3=O)[C@@H](C)CC[C@]12C. The zero-order valence-corrected chi connectivity index (χ0v) is 18.2. The van der Waals surface area contributed by atoms with E-state index in [9.17, 15) is 14.4 Å². The Morgan fingerprint density at radius 3 is 2.59 bits per heavy atom. The Kier molecular flexibility index (Phi) is 5.63. The smallest absolute Gasteiger partial charge is 0.325 e. The molecule has 0 aromatic rings. The highest BCUT2D eigenvalue weighted by Gasteiger charge is 2.53. The molecule has 3 rings (SSSR count). The van der Waals surface area contributed by atoms with Gasteiger partial charge in [-0.15, -0.1) is 0 Å². The first kappa shape index (κ1) is 21.5. The summed E-state index contributed by atoms with van der Waals surface area (Å²) >= 11 is 0. The number of hydrogen-bond acceptors (Lipinski definition) is 4. The Labute approximate surface area is 173 Å². The Balaban J connectivity index is 1.85. The summed E-state index contributed by atoms with van der Waals surface area (Å²) in [4.78, 5) is 36.5. The minimum atomic E-state index is -1.07. The lowest BCUT2D eigenvalue weighted by molar-refractivity contribution is -0.138. The summed E-state index contributed by atoms with van der Waals surface area (Å²) in [7, 11) is 0. The van der Waals surface area contributed by atoms with Gasteiger partial charge < -0.3 is 10.4 Å². The van der Waals surface area contributed by atoms with Crippen LogP contribution in [0.3, 0.4) is 0 Å². The number of carbonyl (C=O) groups is 3. The fraction of sp³-hybridized carbons (Fsp3) is 0.625. The fourth-order valence-corrected chi connectivity index (χ4v) is 5.77. The van der Waals surface area contributed by atoms with Crippen LogP contribution in [0.5, 0.6) is 0 Å². The number of carboxylic acids is 1. The molecule has 1 fully saturated rings. The fourth-order valence-electron chi connectivity index (χ4n) is 5.77. The zero-order chi connectivity index (χ0) is 21.6. The number of nitrogens with one attached hydrogen (secondary N) is 1. The predicted molar refractivity (Wildman–Crippen MR) is 112 cm³/mol. The van der Waals surface area contributed by atoms with Crippen LogP contribution in [0.15, 0.2) is 35.1 Å². The molecule has 2 N–H and O–H groups in total. The van der Waals surface area contributed by atoms with Gasteiger partial charge in [-0.3, -0.25) is 14.4 Å². The monoisotopic (exact) mass is 399 g/mol. The summed E-state index contributed by atoms with van der Waals surface area (Å²) < 4.78 is 0. The first-order valence-electron chi connectivity index (χ1n) is 10.7. The normalized spacial score (nSPS) is 35.8. The van der Waals surface area contributed by atoms with E-state index in [2.05, 4.69) is 39.1 Å².